The zero-order chi connectivity index (χ0) is 22.4. The van der Waals surface area contributed by atoms with Crippen molar-refractivity contribution >= 4 is 11.8 Å². The summed E-state index contributed by atoms with van der Waals surface area (Å²) >= 11 is 0. The summed E-state index contributed by atoms with van der Waals surface area (Å²) in [7, 11) is 3.37. The van der Waals surface area contributed by atoms with Crippen LogP contribution in [0.15, 0.2) is 60.8 Å². The second-order valence-electron chi connectivity index (χ2n) is 7.31. The Morgan fingerprint density at radius 2 is 1.77 bits per heavy atom. The van der Waals surface area contributed by atoms with Gasteiger partial charge >= 0.3 is 0 Å². The van der Waals surface area contributed by atoms with Gasteiger partial charge in [0.2, 0.25) is 11.9 Å². The summed E-state index contributed by atoms with van der Waals surface area (Å²) in [6.45, 7) is 0.332. The SMILES string of the molecule is CN(C(=O)c1cc(F)nc(F)c1)C(CCNC(=O)c1cccn1C)Cc1ccccc1. The van der Waals surface area contributed by atoms with Gasteiger partial charge in [0, 0.05) is 50.6 Å². The maximum atomic E-state index is 13.5. The minimum absolute atomic E-state index is 0.113. The van der Waals surface area contributed by atoms with Crippen LogP contribution >= 0.6 is 0 Å². The van der Waals surface area contributed by atoms with Gasteiger partial charge in [-0.3, -0.25) is 9.59 Å². The average Bonchev–Trinajstić information content (AvgIpc) is 3.18. The summed E-state index contributed by atoms with van der Waals surface area (Å²) < 4.78 is 28.7. The normalized spacial score (nSPS) is 11.7. The largest absolute Gasteiger partial charge is 0.351 e. The fourth-order valence-corrected chi connectivity index (χ4v) is 3.42. The molecule has 0 radical (unpaired) electrons. The van der Waals surface area contributed by atoms with E-state index in [0.29, 0.717) is 25.1 Å². The highest BCUT2D eigenvalue weighted by molar-refractivity contribution is 5.94. The number of hydrogen-bond acceptors (Lipinski definition) is 3. The third kappa shape index (κ3) is 5.75. The first-order chi connectivity index (χ1) is 14.8. The quantitative estimate of drug-likeness (QED) is 0.563. The lowest BCUT2D eigenvalue weighted by Gasteiger charge is -2.29. The fourth-order valence-electron chi connectivity index (χ4n) is 3.42. The summed E-state index contributed by atoms with van der Waals surface area (Å²) in [4.78, 5) is 29.7. The van der Waals surface area contributed by atoms with E-state index < -0.39 is 17.8 Å². The molecule has 162 valence electrons. The Balaban J connectivity index is 1.73. The average molecular weight is 426 g/mol. The van der Waals surface area contributed by atoms with E-state index in [1.165, 1.54) is 4.90 Å². The van der Waals surface area contributed by atoms with Crippen molar-refractivity contribution in [2.75, 3.05) is 13.6 Å². The summed E-state index contributed by atoms with van der Waals surface area (Å²) in [6.07, 6.45) is 2.77. The molecule has 0 bridgehead atoms. The van der Waals surface area contributed by atoms with E-state index >= 15 is 0 Å². The summed E-state index contributed by atoms with van der Waals surface area (Å²) in [5.41, 5.74) is 1.43. The Bertz CT molecular complexity index is 1030. The smallest absolute Gasteiger partial charge is 0.267 e. The van der Waals surface area contributed by atoms with Crippen LogP contribution in [0.4, 0.5) is 8.78 Å². The maximum Gasteiger partial charge on any atom is 0.267 e. The molecule has 0 saturated heterocycles. The van der Waals surface area contributed by atoms with Gasteiger partial charge in [0.15, 0.2) is 0 Å². The number of halogens is 2. The third-order valence-electron chi connectivity index (χ3n) is 5.13. The number of aryl methyl sites for hydroxylation is 1. The Morgan fingerprint density at radius 3 is 2.39 bits per heavy atom. The molecule has 1 aromatic carbocycles. The summed E-state index contributed by atoms with van der Waals surface area (Å²) in [6, 6.07) is 14.6. The van der Waals surface area contributed by atoms with Crippen molar-refractivity contribution in [3.63, 3.8) is 0 Å². The molecule has 3 aromatic rings. The molecule has 0 aliphatic heterocycles. The number of aromatic nitrogens is 2. The fraction of sp³-hybridized carbons (Fsp3) is 0.261. The van der Waals surface area contributed by atoms with Gasteiger partial charge in [-0.25, -0.2) is 0 Å². The molecule has 0 saturated carbocycles. The molecule has 0 spiro atoms. The molecule has 0 aliphatic rings. The molecule has 1 unspecified atom stereocenters. The van der Waals surface area contributed by atoms with Gasteiger partial charge in [-0.2, -0.15) is 13.8 Å². The summed E-state index contributed by atoms with van der Waals surface area (Å²) in [5.74, 6) is -2.83. The Labute approximate surface area is 179 Å². The zero-order valence-electron chi connectivity index (χ0n) is 17.4. The lowest BCUT2D eigenvalue weighted by atomic mass is 10.0. The number of carbonyl (C=O) groups is 2. The number of rotatable bonds is 8. The molecule has 0 fully saturated rings. The van der Waals surface area contributed by atoms with Crippen molar-refractivity contribution in [2.45, 2.75) is 18.9 Å². The van der Waals surface area contributed by atoms with E-state index in [1.54, 1.807) is 37.0 Å². The first-order valence-corrected chi connectivity index (χ1v) is 9.89. The van der Waals surface area contributed by atoms with E-state index in [4.69, 9.17) is 0 Å². The molecule has 8 heteroatoms. The maximum absolute atomic E-state index is 13.5. The summed E-state index contributed by atoms with van der Waals surface area (Å²) in [5, 5.41) is 2.87. The molecule has 0 aliphatic carbocycles. The third-order valence-corrected chi connectivity index (χ3v) is 5.13. The highest BCUT2D eigenvalue weighted by atomic mass is 19.1. The molecule has 2 heterocycles. The van der Waals surface area contributed by atoms with Crippen LogP contribution in [0.25, 0.3) is 0 Å². The van der Waals surface area contributed by atoms with Crippen molar-refractivity contribution < 1.29 is 18.4 Å². The van der Waals surface area contributed by atoms with Crippen LogP contribution in [-0.2, 0) is 13.5 Å². The van der Waals surface area contributed by atoms with Gasteiger partial charge in [0.05, 0.1) is 0 Å². The molecule has 31 heavy (non-hydrogen) atoms. The predicted molar refractivity (Wildman–Crippen MR) is 113 cm³/mol. The highest BCUT2D eigenvalue weighted by Gasteiger charge is 2.23. The number of likely N-dealkylation sites (N-methyl/N-ethyl adjacent to an activating group) is 1. The lowest BCUT2D eigenvalue weighted by molar-refractivity contribution is 0.0721. The Hall–Kier alpha value is -3.55. The number of pyridine rings is 1. The lowest BCUT2D eigenvalue weighted by Crippen LogP contribution is -2.41. The number of carbonyl (C=O) groups excluding carboxylic acids is 2. The molecular formula is C23H24F2N4O2. The number of benzene rings is 1. The van der Waals surface area contributed by atoms with Crippen molar-refractivity contribution in [2.24, 2.45) is 7.05 Å². The Morgan fingerprint density at radius 1 is 1.10 bits per heavy atom. The number of nitrogens with one attached hydrogen (secondary N) is 1. The topological polar surface area (TPSA) is 67.2 Å². The van der Waals surface area contributed by atoms with Gasteiger partial charge in [0.1, 0.15) is 5.69 Å². The predicted octanol–water partition coefficient (Wildman–Crippen LogP) is 3.20. The molecular weight excluding hydrogens is 402 g/mol. The zero-order valence-corrected chi connectivity index (χ0v) is 17.4. The number of hydrogen-bond donors (Lipinski definition) is 1. The molecule has 3 rings (SSSR count). The molecule has 1 N–H and O–H groups in total. The molecule has 2 amide bonds. The number of nitrogens with zero attached hydrogens (tertiary/aromatic N) is 3. The first kappa shape index (κ1) is 22.1. The van der Waals surface area contributed by atoms with Crippen LogP contribution in [0.5, 0.6) is 0 Å². The van der Waals surface area contributed by atoms with Gasteiger partial charge in [0.25, 0.3) is 11.8 Å². The minimum Gasteiger partial charge on any atom is -0.351 e. The number of amides is 2. The highest BCUT2D eigenvalue weighted by Crippen LogP contribution is 2.15. The van der Waals surface area contributed by atoms with E-state index in [0.717, 1.165) is 17.7 Å². The van der Waals surface area contributed by atoms with Crippen LogP contribution in [-0.4, -0.2) is 45.9 Å². The van der Waals surface area contributed by atoms with Crippen LogP contribution in [0.3, 0.4) is 0 Å². The van der Waals surface area contributed by atoms with Gasteiger partial charge in [-0.15, -0.1) is 0 Å². The molecule has 1 atom stereocenters. The standard InChI is InChI=1S/C23H24F2N4O2/c1-28-12-6-9-19(28)22(30)26-11-10-18(13-16-7-4-3-5-8-16)29(2)23(31)17-14-20(24)27-21(25)15-17/h3-9,12,14-15,18H,10-11,13H2,1-2H3,(H,26,30). The van der Waals surface area contributed by atoms with Crippen LogP contribution in [0, 0.1) is 11.9 Å². The molecule has 2 aromatic heterocycles. The second kappa shape index (κ2) is 9.97. The van der Waals surface area contributed by atoms with Crippen molar-refractivity contribution in [3.05, 3.63) is 89.5 Å². The van der Waals surface area contributed by atoms with Crippen molar-refractivity contribution in [1.29, 1.82) is 0 Å². The minimum atomic E-state index is -1.05. The monoisotopic (exact) mass is 426 g/mol. The second-order valence-corrected chi connectivity index (χ2v) is 7.31. The van der Waals surface area contributed by atoms with Gasteiger partial charge in [-0.1, -0.05) is 30.3 Å². The van der Waals surface area contributed by atoms with Crippen LogP contribution in [0.2, 0.25) is 0 Å². The van der Waals surface area contributed by atoms with Crippen LogP contribution < -0.4 is 5.32 Å². The van der Waals surface area contributed by atoms with E-state index in [1.807, 2.05) is 30.3 Å². The van der Waals surface area contributed by atoms with Crippen molar-refractivity contribution in [3.8, 4) is 0 Å². The molecule has 6 nitrogen and oxygen atoms in total. The van der Waals surface area contributed by atoms with Gasteiger partial charge in [-0.05, 0) is 30.5 Å². The van der Waals surface area contributed by atoms with E-state index in [9.17, 15) is 18.4 Å². The van der Waals surface area contributed by atoms with Crippen molar-refractivity contribution in [1.82, 2.24) is 19.8 Å². The first-order valence-electron chi connectivity index (χ1n) is 9.89. The Kier molecular flexibility index (Phi) is 7.12. The van der Waals surface area contributed by atoms with Gasteiger partial charge < -0.3 is 14.8 Å². The van der Waals surface area contributed by atoms with E-state index in [-0.39, 0.29) is 17.5 Å². The van der Waals surface area contributed by atoms with E-state index in [2.05, 4.69) is 10.3 Å². The van der Waals surface area contributed by atoms with Crippen LogP contribution in [0.1, 0.15) is 32.8 Å².